The van der Waals surface area contributed by atoms with Crippen LogP contribution in [0.5, 0.6) is 0 Å². The normalized spacial score (nSPS) is 13.1. The summed E-state index contributed by atoms with van der Waals surface area (Å²) < 4.78 is 0. The summed E-state index contributed by atoms with van der Waals surface area (Å²) in [6, 6.07) is 55.9. The molecule has 0 bridgehead atoms. The Bertz CT molecular complexity index is 1980. The van der Waals surface area contributed by atoms with Gasteiger partial charge in [0.2, 0.25) is 0 Å². The Balaban J connectivity index is 1.57. The van der Waals surface area contributed by atoms with E-state index in [1.54, 1.807) is 0 Å². The topological polar surface area (TPSA) is 25.8 Å². The molecule has 41 heavy (non-hydrogen) atoms. The SMILES string of the molecule is c1ccc(-c2cc3c(cc2-c2ccccc2)C(c2ccccc2)(c2ccccc2)c2nc4ccccc4nc2-3)cc1. The second kappa shape index (κ2) is 9.39. The molecule has 0 amide bonds. The predicted octanol–water partition coefficient (Wildman–Crippen LogP) is 9.33. The summed E-state index contributed by atoms with van der Waals surface area (Å²) in [5.74, 6) is 0. The first-order valence-electron chi connectivity index (χ1n) is 14.0. The van der Waals surface area contributed by atoms with E-state index in [9.17, 15) is 0 Å². The van der Waals surface area contributed by atoms with E-state index in [1.165, 1.54) is 38.9 Å². The van der Waals surface area contributed by atoms with Crippen LogP contribution in [-0.2, 0) is 5.41 Å². The van der Waals surface area contributed by atoms with Gasteiger partial charge in [0, 0.05) is 5.56 Å². The van der Waals surface area contributed by atoms with Crippen molar-refractivity contribution < 1.29 is 0 Å². The molecular weight excluding hydrogens is 496 g/mol. The number of aromatic nitrogens is 2. The van der Waals surface area contributed by atoms with Crippen LogP contribution in [0.3, 0.4) is 0 Å². The van der Waals surface area contributed by atoms with Crippen LogP contribution in [0.15, 0.2) is 158 Å². The molecule has 1 aromatic heterocycles. The molecule has 2 heteroatoms. The van der Waals surface area contributed by atoms with Gasteiger partial charge >= 0.3 is 0 Å². The second-order valence-electron chi connectivity index (χ2n) is 10.6. The smallest absolute Gasteiger partial charge is 0.0945 e. The van der Waals surface area contributed by atoms with Gasteiger partial charge in [0.05, 0.1) is 27.8 Å². The van der Waals surface area contributed by atoms with Crippen molar-refractivity contribution in [2.45, 2.75) is 5.41 Å². The first-order chi connectivity index (χ1) is 20.3. The summed E-state index contributed by atoms with van der Waals surface area (Å²) in [6.45, 7) is 0. The summed E-state index contributed by atoms with van der Waals surface area (Å²) in [5, 5.41) is 0. The minimum absolute atomic E-state index is 0.622. The van der Waals surface area contributed by atoms with Crippen molar-refractivity contribution in [1.82, 2.24) is 9.97 Å². The molecule has 0 saturated heterocycles. The van der Waals surface area contributed by atoms with Crippen LogP contribution in [0, 0.1) is 0 Å². The fourth-order valence-electron chi connectivity index (χ4n) is 6.52. The van der Waals surface area contributed by atoms with E-state index in [4.69, 9.17) is 9.97 Å². The van der Waals surface area contributed by atoms with Gasteiger partial charge in [-0.05, 0) is 63.2 Å². The van der Waals surface area contributed by atoms with Crippen molar-refractivity contribution in [2.75, 3.05) is 0 Å². The van der Waals surface area contributed by atoms with Gasteiger partial charge in [-0.15, -0.1) is 0 Å². The molecule has 6 aromatic carbocycles. The van der Waals surface area contributed by atoms with Gasteiger partial charge in [0.25, 0.3) is 0 Å². The first-order valence-corrected chi connectivity index (χ1v) is 14.0. The van der Waals surface area contributed by atoms with Crippen LogP contribution in [0.1, 0.15) is 22.4 Å². The Hall–Kier alpha value is -5.34. The average Bonchev–Trinajstić information content (AvgIpc) is 3.34. The lowest BCUT2D eigenvalue weighted by Crippen LogP contribution is -2.29. The largest absolute Gasteiger partial charge is 0.247 e. The lowest BCUT2D eigenvalue weighted by Gasteiger charge is -2.33. The van der Waals surface area contributed by atoms with Crippen molar-refractivity contribution >= 4 is 11.0 Å². The van der Waals surface area contributed by atoms with Gasteiger partial charge in [-0.1, -0.05) is 133 Å². The van der Waals surface area contributed by atoms with Crippen LogP contribution in [-0.4, -0.2) is 9.97 Å². The molecule has 0 N–H and O–H groups in total. The number of rotatable bonds is 4. The van der Waals surface area contributed by atoms with Gasteiger partial charge in [0.15, 0.2) is 0 Å². The van der Waals surface area contributed by atoms with Gasteiger partial charge in [-0.2, -0.15) is 0 Å². The quantitative estimate of drug-likeness (QED) is 0.230. The molecule has 192 valence electrons. The van der Waals surface area contributed by atoms with E-state index in [2.05, 4.69) is 146 Å². The van der Waals surface area contributed by atoms with E-state index in [1.807, 2.05) is 12.1 Å². The Morgan fingerprint density at radius 1 is 0.390 bits per heavy atom. The van der Waals surface area contributed by atoms with Crippen molar-refractivity contribution in [2.24, 2.45) is 0 Å². The number of nitrogens with zero attached hydrogens (tertiary/aromatic N) is 2. The van der Waals surface area contributed by atoms with Gasteiger partial charge in [0.1, 0.15) is 0 Å². The third-order valence-corrected chi connectivity index (χ3v) is 8.33. The molecule has 8 rings (SSSR count). The monoisotopic (exact) mass is 522 g/mol. The van der Waals surface area contributed by atoms with E-state index in [-0.39, 0.29) is 0 Å². The minimum atomic E-state index is -0.622. The standard InChI is InChI=1S/C39H26N2/c1-5-15-27(16-6-1)31-25-33-34(26-32(31)28-17-7-2-8-18-28)39(29-19-9-3-10-20-29,30-21-11-4-12-22-30)38-37(33)40-35-23-13-14-24-36(35)41-38/h1-26H. The molecule has 0 unspecified atom stereocenters. The van der Waals surface area contributed by atoms with E-state index in [0.717, 1.165) is 28.0 Å². The highest BCUT2D eigenvalue weighted by atomic mass is 14.9. The molecule has 1 aliphatic carbocycles. The van der Waals surface area contributed by atoms with Crippen LogP contribution < -0.4 is 0 Å². The lowest BCUT2D eigenvalue weighted by molar-refractivity contribution is 0.740. The van der Waals surface area contributed by atoms with Crippen molar-refractivity contribution in [3.8, 4) is 33.5 Å². The van der Waals surface area contributed by atoms with E-state index >= 15 is 0 Å². The molecule has 0 aliphatic heterocycles. The number of hydrogen-bond acceptors (Lipinski definition) is 2. The number of para-hydroxylation sites is 2. The van der Waals surface area contributed by atoms with Gasteiger partial charge < -0.3 is 0 Å². The van der Waals surface area contributed by atoms with Crippen LogP contribution in [0.25, 0.3) is 44.5 Å². The summed E-state index contributed by atoms with van der Waals surface area (Å²) in [6.07, 6.45) is 0. The molecule has 2 nitrogen and oxygen atoms in total. The van der Waals surface area contributed by atoms with Crippen molar-refractivity contribution in [3.05, 3.63) is 180 Å². The highest BCUT2D eigenvalue weighted by Gasteiger charge is 2.49. The third kappa shape index (κ3) is 3.58. The average molecular weight is 523 g/mol. The minimum Gasteiger partial charge on any atom is -0.247 e. The maximum Gasteiger partial charge on any atom is 0.0945 e. The molecule has 0 radical (unpaired) electrons. The van der Waals surface area contributed by atoms with Gasteiger partial charge in [-0.3, -0.25) is 0 Å². The molecule has 0 atom stereocenters. The zero-order valence-electron chi connectivity index (χ0n) is 22.4. The molecule has 1 heterocycles. The fourth-order valence-corrected chi connectivity index (χ4v) is 6.52. The Kier molecular flexibility index (Phi) is 5.39. The summed E-state index contributed by atoms with van der Waals surface area (Å²) in [5.41, 5.74) is 12.6. The Morgan fingerprint density at radius 3 is 1.37 bits per heavy atom. The zero-order chi connectivity index (χ0) is 27.2. The molecule has 0 spiro atoms. The Morgan fingerprint density at radius 2 is 0.829 bits per heavy atom. The molecular formula is C39H26N2. The highest BCUT2D eigenvalue weighted by Crippen LogP contribution is 2.57. The van der Waals surface area contributed by atoms with Crippen molar-refractivity contribution in [3.63, 3.8) is 0 Å². The lowest BCUT2D eigenvalue weighted by atomic mass is 9.69. The van der Waals surface area contributed by atoms with Crippen molar-refractivity contribution in [1.29, 1.82) is 0 Å². The molecule has 0 fully saturated rings. The van der Waals surface area contributed by atoms with Gasteiger partial charge in [-0.25, -0.2) is 9.97 Å². The maximum absolute atomic E-state index is 5.42. The van der Waals surface area contributed by atoms with Crippen LogP contribution >= 0.6 is 0 Å². The predicted molar refractivity (Wildman–Crippen MR) is 168 cm³/mol. The molecule has 1 aliphatic rings. The third-order valence-electron chi connectivity index (χ3n) is 8.33. The first kappa shape index (κ1) is 23.5. The summed E-state index contributed by atoms with van der Waals surface area (Å²) in [7, 11) is 0. The highest BCUT2D eigenvalue weighted by molar-refractivity contribution is 5.94. The molecule has 0 saturated carbocycles. The molecule has 7 aromatic rings. The van der Waals surface area contributed by atoms with E-state index in [0.29, 0.717) is 0 Å². The van der Waals surface area contributed by atoms with Crippen LogP contribution in [0.4, 0.5) is 0 Å². The Labute approximate surface area is 239 Å². The second-order valence-corrected chi connectivity index (χ2v) is 10.6. The van der Waals surface area contributed by atoms with Crippen LogP contribution in [0.2, 0.25) is 0 Å². The maximum atomic E-state index is 5.42. The number of benzene rings is 6. The summed E-state index contributed by atoms with van der Waals surface area (Å²) in [4.78, 5) is 10.7. The van der Waals surface area contributed by atoms with E-state index < -0.39 is 5.41 Å². The number of hydrogen-bond donors (Lipinski definition) is 0. The fraction of sp³-hybridized carbons (Fsp3) is 0.0256. The zero-order valence-corrected chi connectivity index (χ0v) is 22.4. The number of fused-ring (bicyclic) bond motifs is 4. The summed E-state index contributed by atoms with van der Waals surface area (Å²) >= 11 is 0.